The molecule has 1 amide bonds. The topological polar surface area (TPSA) is 68.0 Å². The van der Waals surface area contributed by atoms with Crippen molar-refractivity contribution in [3.8, 4) is 11.8 Å². The number of pyridine rings is 1. The number of hydrogen-bond donors (Lipinski definition) is 2. The molecule has 2 rings (SSSR count). The molecule has 2 atom stereocenters. The first-order valence-electron chi connectivity index (χ1n) is 7.61. The SMILES string of the molecule is CC1CCCC(CNC(=O)c2cncc(C#CCN)c2)C1. The third-order valence-electron chi connectivity index (χ3n) is 3.93. The van der Waals surface area contributed by atoms with E-state index in [0.717, 1.165) is 18.0 Å². The zero-order chi connectivity index (χ0) is 15.1. The maximum Gasteiger partial charge on any atom is 0.252 e. The molecule has 1 saturated carbocycles. The van der Waals surface area contributed by atoms with Crippen molar-refractivity contribution in [1.82, 2.24) is 10.3 Å². The summed E-state index contributed by atoms with van der Waals surface area (Å²) in [6, 6.07) is 1.76. The van der Waals surface area contributed by atoms with Crippen molar-refractivity contribution >= 4 is 5.91 Å². The third kappa shape index (κ3) is 4.87. The molecular weight excluding hydrogens is 262 g/mol. The smallest absolute Gasteiger partial charge is 0.252 e. The molecule has 0 saturated heterocycles. The fourth-order valence-corrected chi connectivity index (χ4v) is 2.87. The third-order valence-corrected chi connectivity index (χ3v) is 3.93. The molecule has 21 heavy (non-hydrogen) atoms. The van der Waals surface area contributed by atoms with Gasteiger partial charge in [0.25, 0.3) is 5.91 Å². The molecule has 1 aromatic rings. The first-order valence-corrected chi connectivity index (χ1v) is 7.61. The highest BCUT2D eigenvalue weighted by atomic mass is 16.1. The van der Waals surface area contributed by atoms with Crippen LogP contribution in [0, 0.1) is 23.7 Å². The number of nitrogens with zero attached hydrogens (tertiary/aromatic N) is 1. The summed E-state index contributed by atoms with van der Waals surface area (Å²) in [4.78, 5) is 16.2. The van der Waals surface area contributed by atoms with E-state index >= 15 is 0 Å². The fourth-order valence-electron chi connectivity index (χ4n) is 2.87. The number of rotatable bonds is 3. The van der Waals surface area contributed by atoms with E-state index in [4.69, 9.17) is 5.73 Å². The molecule has 1 aromatic heterocycles. The lowest BCUT2D eigenvalue weighted by Gasteiger charge is -2.26. The summed E-state index contributed by atoms with van der Waals surface area (Å²) in [6.07, 6.45) is 8.23. The Morgan fingerprint density at radius 2 is 2.33 bits per heavy atom. The number of carbonyl (C=O) groups is 1. The Labute approximate surface area is 126 Å². The lowest BCUT2D eigenvalue weighted by molar-refractivity contribution is 0.0940. The predicted molar refractivity (Wildman–Crippen MR) is 83.6 cm³/mol. The van der Waals surface area contributed by atoms with E-state index in [2.05, 4.69) is 29.1 Å². The molecule has 1 aliphatic rings. The fraction of sp³-hybridized carbons (Fsp3) is 0.529. The highest BCUT2D eigenvalue weighted by Gasteiger charge is 2.19. The van der Waals surface area contributed by atoms with Gasteiger partial charge in [-0.25, -0.2) is 0 Å². The molecule has 1 fully saturated rings. The second kappa shape index (κ2) is 7.80. The number of nitrogens with one attached hydrogen (secondary N) is 1. The summed E-state index contributed by atoms with van der Waals surface area (Å²) in [5.74, 6) is 6.96. The lowest BCUT2D eigenvalue weighted by atomic mass is 9.82. The second-order valence-corrected chi connectivity index (χ2v) is 5.82. The molecule has 0 radical (unpaired) electrons. The van der Waals surface area contributed by atoms with E-state index in [-0.39, 0.29) is 5.91 Å². The Morgan fingerprint density at radius 3 is 3.10 bits per heavy atom. The van der Waals surface area contributed by atoms with Crippen LogP contribution in [0.5, 0.6) is 0 Å². The van der Waals surface area contributed by atoms with Gasteiger partial charge in [0.05, 0.1) is 12.1 Å². The minimum Gasteiger partial charge on any atom is -0.352 e. The minimum absolute atomic E-state index is 0.0721. The van der Waals surface area contributed by atoms with Crippen LogP contribution in [0.15, 0.2) is 18.5 Å². The molecule has 0 aliphatic heterocycles. The highest BCUT2D eigenvalue weighted by Crippen LogP contribution is 2.27. The van der Waals surface area contributed by atoms with E-state index < -0.39 is 0 Å². The van der Waals surface area contributed by atoms with Crippen LogP contribution >= 0.6 is 0 Å². The monoisotopic (exact) mass is 285 g/mol. The van der Waals surface area contributed by atoms with Crippen molar-refractivity contribution in [2.45, 2.75) is 32.6 Å². The van der Waals surface area contributed by atoms with E-state index in [1.54, 1.807) is 18.5 Å². The highest BCUT2D eigenvalue weighted by molar-refractivity contribution is 5.94. The molecule has 3 N–H and O–H groups in total. The summed E-state index contributed by atoms with van der Waals surface area (Å²) < 4.78 is 0. The normalized spacial score (nSPS) is 21.2. The maximum absolute atomic E-state index is 12.2. The average Bonchev–Trinajstić information content (AvgIpc) is 2.51. The molecule has 1 aliphatic carbocycles. The Kier molecular flexibility index (Phi) is 5.77. The van der Waals surface area contributed by atoms with Crippen molar-refractivity contribution in [1.29, 1.82) is 0 Å². The van der Waals surface area contributed by atoms with Crippen LogP contribution in [0.1, 0.15) is 48.5 Å². The quantitative estimate of drug-likeness (QED) is 0.834. The van der Waals surface area contributed by atoms with Gasteiger partial charge in [0.2, 0.25) is 0 Å². The number of carbonyl (C=O) groups excluding carboxylic acids is 1. The van der Waals surface area contributed by atoms with Crippen molar-refractivity contribution in [2.24, 2.45) is 17.6 Å². The lowest BCUT2D eigenvalue weighted by Crippen LogP contribution is -2.31. The van der Waals surface area contributed by atoms with Gasteiger partial charge in [-0.2, -0.15) is 0 Å². The molecule has 4 nitrogen and oxygen atoms in total. The van der Waals surface area contributed by atoms with Crippen molar-refractivity contribution in [3.05, 3.63) is 29.6 Å². The first-order chi connectivity index (χ1) is 10.2. The number of aromatic nitrogens is 1. The van der Waals surface area contributed by atoms with Crippen LogP contribution < -0.4 is 11.1 Å². The van der Waals surface area contributed by atoms with E-state index in [1.807, 2.05) is 0 Å². The van der Waals surface area contributed by atoms with Gasteiger partial charge in [-0.05, 0) is 30.7 Å². The largest absolute Gasteiger partial charge is 0.352 e. The average molecular weight is 285 g/mol. The summed E-state index contributed by atoms with van der Waals surface area (Å²) in [6.45, 7) is 3.34. The van der Waals surface area contributed by atoms with Gasteiger partial charge in [0.1, 0.15) is 0 Å². The van der Waals surface area contributed by atoms with E-state index in [0.29, 0.717) is 18.0 Å². The van der Waals surface area contributed by atoms with Gasteiger partial charge in [-0.15, -0.1) is 0 Å². The van der Waals surface area contributed by atoms with Gasteiger partial charge < -0.3 is 11.1 Å². The van der Waals surface area contributed by atoms with Gasteiger partial charge in [-0.1, -0.05) is 31.6 Å². The molecule has 112 valence electrons. The molecular formula is C17H23N3O. The molecule has 0 bridgehead atoms. The van der Waals surface area contributed by atoms with Gasteiger partial charge in [-0.3, -0.25) is 9.78 Å². The standard InChI is InChI=1S/C17H23N3O/c1-13-4-2-5-14(8-13)11-20-17(21)16-9-15(6-3-7-18)10-19-12-16/h9-10,12-14H,2,4-5,7-8,11,18H2,1H3,(H,20,21). The zero-order valence-corrected chi connectivity index (χ0v) is 12.6. The van der Waals surface area contributed by atoms with Crippen molar-refractivity contribution in [2.75, 3.05) is 13.1 Å². The first kappa shape index (κ1) is 15.5. The molecule has 0 aromatic carbocycles. The number of amides is 1. The Balaban J connectivity index is 1.91. The summed E-state index contributed by atoms with van der Waals surface area (Å²) in [7, 11) is 0. The molecule has 0 spiro atoms. The Hall–Kier alpha value is -1.86. The predicted octanol–water partition coefficient (Wildman–Crippen LogP) is 1.95. The van der Waals surface area contributed by atoms with Gasteiger partial charge in [0, 0.05) is 24.5 Å². The van der Waals surface area contributed by atoms with Crippen molar-refractivity contribution < 1.29 is 4.79 Å². The summed E-state index contributed by atoms with van der Waals surface area (Å²) >= 11 is 0. The van der Waals surface area contributed by atoms with Gasteiger partial charge >= 0.3 is 0 Å². The van der Waals surface area contributed by atoms with Crippen LogP contribution in [-0.2, 0) is 0 Å². The number of hydrogen-bond acceptors (Lipinski definition) is 3. The van der Waals surface area contributed by atoms with E-state index in [9.17, 15) is 4.79 Å². The molecule has 4 heteroatoms. The van der Waals surface area contributed by atoms with Crippen LogP contribution in [-0.4, -0.2) is 24.0 Å². The Morgan fingerprint density at radius 1 is 1.48 bits per heavy atom. The van der Waals surface area contributed by atoms with Crippen LogP contribution in [0.3, 0.4) is 0 Å². The van der Waals surface area contributed by atoms with Crippen LogP contribution in [0.4, 0.5) is 0 Å². The number of nitrogens with two attached hydrogens (primary N) is 1. The van der Waals surface area contributed by atoms with Crippen molar-refractivity contribution in [3.63, 3.8) is 0 Å². The second-order valence-electron chi connectivity index (χ2n) is 5.82. The van der Waals surface area contributed by atoms with Crippen LogP contribution in [0.2, 0.25) is 0 Å². The minimum atomic E-state index is -0.0721. The zero-order valence-electron chi connectivity index (χ0n) is 12.6. The van der Waals surface area contributed by atoms with Crippen LogP contribution in [0.25, 0.3) is 0 Å². The van der Waals surface area contributed by atoms with E-state index in [1.165, 1.54) is 25.7 Å². The molecule has 2 unspecified atom stereocenters. The summed E-state index contributed by atoms with van der Waals surface area (Å²) in [5.41, 5.74) is 6.62. The maximum atomic E-state index is 12.2. The summed E-state index contributed by atoms with van der Waals surface area (Å²) in [5, 5.41) is 3.02. The Bertz CT molecular complexity index is 544. The van der Waals surface area contributed by atoms with Gasteiger partial charge in [0.15, 0.2) is 0 Å². The molecule has 1 heterocycles.